The van der Waals surface area contributed by atoms with Crippen LogP contribution in [0.1, 0.15) is 109 Å². The minimum atomic E-state index is -2.15. The van der Waals surface area contributed by atoms with Gasteiger partial charge in [-0.1, -0.05) is 39.7 Å². The fraction of sp³-hybridized carbons (Fsp3) is 0.432. The molecule has 0 aromatic heterocycles. The number of hydrogen-bond acceptors (Lipinski definition) is 3. The molecule has 0 aliphatic carbocycles. The average molecular weight is 622 g/mol. The van der Waals surface area contributed by atoms with Crippen molar-refractivity contribution in [1.29, 1.82) is 0 Å². The quantitative estimate of drug-likeness (QED) is 0.0895. The zero-order valence-electron chi connectivity index (χ0n) is 26.0. The monoisotopic (exact) mass is 621 g/mol. The van der Waals surface area contributed by atoms with Crippen LogP contribution in [0, 0.1) is 23.3 Å². The van der Waals surface area contributed by atoms with Gasteiger partial charge in [-0.2, -0.15) is 0 Å². The molecule has 3 aromatic rings. The van der Waals surface area contributed by atoms with E-state index in [0.717, 1.165) is 104 Å². The molecule has 0 fully saturated rings. The molecule has 238 valence electrons. The lowest BCUT2D eigenvalue weighted by Gasteiger charge is -2.35. The fourth-order valence-electron chi connectivity index (χ4n) is 7.40. The maximum atomic E-state index is 16.1. The Morgan fingerprint density at radius 1 is 0.889 bits per heavy atom. The molecular formula is C37H39F4NO3. The fourth-order valence-corrected chi connectivity index (χ4v) is 7.40. The Kier molecular flexibility index (Phi) is 8.68. The first-order valence-electron chi connectivity index (χ1n) is 16.3. The van der Waals surface area contributed by atoms with E-state index >= 15 is 13.2 Å². The van der Waals surface area contributed by atoms with Crippen LogP contribution in [0.15, 0.2) is 12.1 Å². The summed E-state index contributed by atoms with van der Waals surface area (Å²) in [7, 11) is 0. The van der Waals surface area contributed by atoms with Crippen molar-refractivity contribution in [2.24, 2.45) is 0 Å². The third-order valence-corrected chi connectivity index (χ3v) is 9.62. The SMILES string of the molecule is C=c1c(CCCCC)cc2c(c1CCCC)Oc1c(cc3c4c1CCCN4CCCC3)C=2c1c(F)c(F)c(F)c(F)c1C(=O)O. The van der Waals surface area contributed by atoms with Crippen molar-refractivity contribution in [3.8, 4) is 11.5 Å². The zero-order chi connectivity index (χ0) is 32.0. The third-order valence-electron chi connectivity index (χ3n) is 9.62. The number of hydrogen-bond donors (Lipinski definition) is 1. The van der Waals surface area contributed by atoms with E-state index in [2.05, 4.69) is 25.3 Å². The number of fused-ring (bicyclic) bond motifs is 3. The van der Waals surface area contributed by atoms with Gasteiger partial charge in [-0.15, -0.1) is 0 Å². The largest absolute Gasteiger partial charge is 0.478 e. The Balaban J connectivity index is 1.81. The number of carboxylic acid groups (broad SMARTS) is 1. The van der Waals surface area contributed by atoms with Crippen molar-refractivity contribution in [2.45, 2.75) is 90.9 Å². The molecule has 0 unspecified atom stereocenters. The van der Waals surface area contributed by atoms with Gasteiger partial charge in [0.1, 0.15) is 17.1 Å². The first kappa shape index (κ1) is 31.2. The van der Waals surface area contributed by atoms with Gasteiger partial charge in [0, 0.05) is 51.8 Å². The molecule has 45 heavy (non-hydrogen) atoms. The molecule has 1 N–H and O–H groups in total. The molecule has 0 radical (unpaired) electrons. The number of anilines is 1. The van der Waals surface area contributed by atoms with E-state index in [-0.39, 0.29) is 5.57 Å². The van der Waals surface area contributed by atoms with Crippen molar-refractivity contribution in [3.63, 3.8) is 0 Å². The van der Waals surface area contributed by atoms with Gasteiger partial charge in [-0.25, -0.2) is 22.4 Å². The number of rotatable bonds is 9. The third kappa shape index (κ3) is 5.20. The minimum Gasteiger partial charge on any atom is -0.478 e. The number of aryl methyl sites for hydroxylation is 2. The number of ether oxygens (including phenoxy) is 1. The van der Waals surface area contributed by atoms with Crippen LogP contribution in [-0.4, -0.2) is 24.2 Å². The molecule has 3 aliphatic heterocycles. The van der Waals surface area contributed by atoms with Crippen molar-refractivity contribution < 1.29 is 32.2 Å². The van der Waals surface area contributed by atoms with Crippen LogP contribution in [0.2, 0.25) is 0 Å². The summed E-state index contributed by atoms with van der Waals surface area (Å²) in [5.74, 6) is -8.88. The highest BCUT2D eigenvalue weighted by Crippen LogP contribution is 2.49. The summed E-state index contributed by atoms with van der Waals surface area (Å²) in [6, 6.07) is 3.69. The summed E-state index contributed by atoms with van der Waals surface area (Å²) in [4.78, 5) is 14.9. The summed E-state index contributed by atoms with van der Waals surface area (Å²) in [5.41, 5.74) is 3.10. The second-order valence-corrected chi connectivity index (χ2v) is 12.5. The second kappa shape index (κ2) is 12.5. The summed E-state index contributed by atoms with van der Waals surface area (Å²) in [6.45, 7) is 10.4. The molecular weight excluding hydrogens is 582 g/mol. The van der Waals surface area contributed by atoms with Gasteiger partial charge in [-0.3, -0.25) is 0 Å². The minimum absolute atomic E-state index is 0.0221. The Labute approximate surface area is 261 Å². The number of halogens is 4. The normalized spacial score (nSPS) is 15.2. The van der Waals surface area contributed by atoms with Crippen molar-refractivity contribution in [1.82, 2.24) is 0 Å². The first-order valence-corrected chi connectivity index (χ1v) is 16.3. The maximum Gasteiger partial charge on any atom is 0.339 e. The number of aromatic carboxylic acids is 1. The van der Waals surface area contributed by atoms with Crippen LogP contribution in [0.5, 0.6) is 11.5 Å². The summed E-state index contributed by atoms with van der Waals surface area (Å²) >= 11 is 0. The van der Waals surface area contributed by atoms with Gasteiger partial charge in [0.2, 0.25) is 0 Å². The molecule has 0 saturated heterocycles. The average Bonchev–Trinajstić information content (AvgIpc) is 3.24. The topological polar surface area (TPSA) is 49.8 Å². The standard InChI is InChI=1S/C37H39F4NO3/c1-4-6-8-12-21-18-25-27(28-29(37(43)44)31(39)33(41)32(40)30(28)38)26-19-22-13-9-10-16-42-17-11-15-24(34(22)42)36(26)45-35(25)23(20(21)3)14-7-5-2/h18-19H,3-17H2,1-2H3,(H,43,44). The van der Waals surface area contributed by atoms with E-state index in [0.29, 0.717) is 41.5 Å². The lowest BCUT2D eigenvalue weighted by Crippen LogP contribution is -2.32. The Bertz CT molecular complexity index is 1820. The summed E-state index contributed by atoms with van der Waals surface area (Å²) < 4.78 is 68.0. The van der Waals surface area contributed by atoms with Crippen LogP contribution < -0.4 is 20.1 Å². The molecule has 6 rings (SSSR count). The molecule has 3 aromatic carbocycles. The smallest absolute Gasteiger partial charge is 0.339 e. The van der Waals surface area contributed by atoms with Crippen LogP contribution in [0.25, 0.3) is 12.2 Å². The number of carbonyl (C=O) groups is 1. The molecule has 0 atom stereocenters. The van der Waals surface area contributed by atoms with Gasteiger partial charge in [0.25, 0.3) is 0 Å². The van der Waals surface area contributed by atoms with Gasteiger partial charge in [0.05, 0.1) is 0 Å². The lowest BCUT2D eigenvalue weighted by atomic mass is 9.82. The highest BCUT2D eigenvalue weighted by molar-refractivity contribution is 5.99. The van der Waals surface area contributed by atoms with Crippen LogP contribution >= 0.6 is 0 Å². The van der Waals surface area contributed by atoms with Crippen LogP contribution in [0.4, 0.5) is 23.2 Å². The predicted octanol–water partition coefficient (Wildman–Crippen LogP) is 7.87. The predicted molar refractivity (Wildman–Crippen MR) is 168 cm³/mol. The van der Waals surface area contributed by atoms with E-state index in [9.17, 15) is 14.3 Å². The van der Waals surface area contributed by atoms with E-state index in [1.165, 1.54) is 0 Å². The second-order valence-electron chi connectivity index (χ2n) is 12.5. The maximum absolute atomic E-state index is 16.1. The zero-order valence-corrected chi connectivity index (χ0v) is 26.0. The molecule has 3 heterocycles. The van der Waals surface area contributed by atoms with Gasteiger partial charge >= 0.3 is 5.97 Å². The molecule has 0 bridgehead atoms. The van der Waals surface area contributed by atoms with E-state index in [4.69, 9.17) is 4.74 Å². The summed E-state index contributed by atoms with van der Waals surface area (Å²) in [6.07, 6.45) is 10.1. The molecule has 3 aliphatic rings. The lowest BCUT2D eigenvalue weighted by molar-refractivity contribution is 0.0689. The number of nitrogens with zero attached hydrogens (tertiary/aromatic N) is 1. The van der Waals surface area contributed by atoms with E-state index in [1.54, 1.807) is 0 Å². The Morgan fingerprint density at radius 2 is 1.62 bits per heavy atom. The van der Waals surface area contributed by atoms with Crippen LogP contribution in [-0.2, 0) is 25.7 Å². The number of benzene rings is 3. The van der Waals surface area contributed by atoms with Crippen LogP contribution in [0.3, 0.4) is 0 Å². The first-order chi connectivity index (χ1) is 21.7. The van der Waals surface area contributed by atoms with Gasteiger partial charge in [-0.05, 0) is 86.3 Å². The molecule has 8 heteroatoms. The van der Waals surface area contributed by atoms with Gasteiger partial charge < -0.3 is 14.7 Å². The Hall–Kier alpha value is -3.81. The van der Waals surface area contributed by atoms with E-state index < -0.39 is 40.4 Å². The molecule has 0 amide bonds. The van der Waals surface area contributed by atoms with Gasteiger partial charge in [0.15, 0.2) is 23.3 Å². The van der Waals surface area contributed by atoms with Crippen molar-refractivity contribution in [2.75, 3.05) is 18.0 Å². The summed E-state index contributed by atoms with van der Waals surface area (Å²) in [5, 5.41) is 11.3. The highest BCUT2D eigenvalue weighted by Gasteiger charge is 2.37. The number of carboxylic acids is 1. The molecule has 0 saturated carbocycles. The molecule has 4 nitrogen and oxygen atoms in total. The van der Waals surface area contributed by atoms with Crippen molar-refractivity contribution in [3.05, 3.63) is 84.8 Å². The highest BCUT2D eigenvalue weighted by atomic mass is 19.2. The Morgan fingerprint density at radius 3 is 2.36 bits per heavy atom. The molecule has 0 spiro atoms. The van der Waals surface area contributed by atoms with E-state index in [1.807, 2.05) is 12.1 Å². The number of unbranched alkanes of at least 4 members (excludes halogenated alkanes) is 3. The van der Waals surface area contributed by atoms with Crippen molar-refractivity contribution >= 4 is 23.8 Å².